The van der Waals surface area contributed by atoms with Crippen LogP contribution in [0.25, 0.3) is 0 Å². The molecule has 1 aliphatic heterocycles. The van der Waals surface area contributed by atoms with Crippen molar-refractivity contribution in [1.29, 1.82) is 0 Å². The Bertz CT molecular complexity index is 763. The maximum absolute atomic E-state index is 12.1. The van der Waals surface area contributed by atoms with Gasteiger partial charge in [0.05, 0.1) is 11.9 Å². The second-order valence-electron chi connectivity index (χ2n) is 5.56. The highest BCUT2D eigenvalue weighted by Gasteiger charge is 2.16. The molecule has 7 nitrogen and oxygen atoms in total. The fourth-order valence-corrected chi connectivity index (χ4v) is 4.00. The Hall–Kier alpha value is -1.68. The molecule has 1 aromatic heterocycles. The van der Waals surface area contributed by atoms with E-state index >= 15 is 0 Å². The van der Waals surface area contributed by atoms with Crippen molar-refractivity contribution in [3.05, 3.63) is 34.9 Å². The van der Waals surface area contributed by atoms with Gasteiger partial charge in [0.2, 0.25) is 11.0 Å². The summed E-state index contributed by atoms with van der Waals surface area (Å²) in [5, 5.41) is 14.4. The first-order valence-corrected chi connectivity index (χ1v) is 10.2. The molecule has 0 spiro atoms. The lowest BCUT2D eigenvalue weighted by atomic mass is 10.2. The van der Waals surface area contributed by atoms with Gasteiger partial charge in [0.25, 0.3) is 5.91 Å². The fraction of sp³-hybridized carbons (Fsp3) is 0.375. The van der Waals surface area contributed by atoms with Crippen LogP contribution < -0.4 is 10.6 Å². The Morgan fingerprint density at radius 3 is 2.85 bits per heavy atom. The van der Waals surface area contributed by atoms with Crippen LogP contribution in [0.15, 0.2) is 28.6 Å². The van der Waals surface area contributed by atoms with Gasteiger partial charge in [-0.1, -0.05) is 34.7 Å². The predicted octanol–water partition coefficient (Wildman–Crippen LogP) is 2.83. The topological polar surface area (TPSA) is 93.2 Å². The lowest BCUT2D eigenvalue weighted by molar-refractivity contribution is -0.119. The number of nitrogens with zero attached hydrogens (tertiary/aromatic N) is 2. The van der Waals surface area contributed by atoms with Crippen molar-refractivity contribution in [3.8, 4) is 0 Å². The number of thioether (sulfide) groups is 1. The molecule has 3 rings (SSSR count). The number of aromatic nitrogens is 2. The number of nitrogens with one attached hydrogen (secondary N) is 2. The van der Waals surface area contributed by atoms with Crippen molar-refractivity contribution in [2.75, 3.05) is 24.2 Å². The molecule has 1 saturated heterocycles. The Kier molecular flexibility index (Phi) is 6.84. The summed E-state index contributed by atoms with van der Waals surface area (Å²) in [6, 6.07) is 6.56. The third-order valence-corrected chi connectivity index (χ3v) is 5.83. The zero-order valence-electron chi connectivity index (χ0n) is 13.7. The molecule has 26 heavy (non-hydrogen) atoms. The lowest BCUT2D eigenvalue weighted by Crippen LogP contribution is -2.32. The molecule has 0 radical (unpaired) electrons. The summed E-state index contributed by atoms with van der Waals surface area (Å²) in [6.45, 7) is 1.31. The lowest BCUT2D eigenvalue weighted by Gasteiger charge is -2.09. The highest BCUT2D eigenvalue weighted by Crippen LogP contribution is 2.25. The minimum Gasteiger partial charge on any atom is -0.376 e. The van der Waals surface area contributed by atoms with E-state index in [1.54, 1.807) is 24.3 Å². The van der Waals surface area contributed by atoms with E-state index in [-0.39, 0.29) is 23.7 Å². The Morgan fingerprint density at radius 2 is 2.12 bits per heavy atom. The average molecular weight is 413 g/mol. The summed E-state index contributed by atoms with van der Waals surface area (Å²) in [5.41, 5.74) is 0.479. The van der Waals surface area contributed by atoms with Crippen molar-refractivity contribution < 1.29 is 14.3 Å². The van der Waals surface area contributed by atoms with Crippen LogP contribution in [0.1, 0.15) is 23.2 Å². The Balaban J connectivity index is 1.43. The zero-order valence-corrected chi connectivity index (χ0v) is 16.1. The van der Waals surface area contributed by atoms with Gasteiger partial charge in [0, 0.05) is 23.7 Å². The van der Waals surface area contributed by atoms with Gasteiger partial charge < -0.3 is 10.1 Å². The summed E-state index contributed by atoms with van der Waals surface area (Å²) in [4.78, 5) is 24.0. The molecule has 0 unspecified atom stereocenters. The van der Waals surface area contributed by atoms with E-state index in [0.717, 1.165) is 19.4 Å². The Morgan fingerprint density at radius 1 is 1.31 bits per heavy atom. The van der Waals surface area contributed by atoms with Gasteiger partial charge in [-0.25, -0.2) is 0 Å². The SMILES string of the molecule is O=C(CSc1nnc(NC(=O)c2ccc(Cl)cc2)s1)NC[C@@H]1CCCO1. The van der Waals surface area contributed by atoms with E-state index in [9.17, 15) is 9.59 Å². The van der Waals surface area contributed by atoms with Crippen LogP contribution >= 0.6 is 34.7 Å². The van der Waals surface area contributed by atoms with Crippen LogP contribution in [0.2, 0.25) is 5.02 Å². The van der Waals surface area contributed by atoms with E-state index in [0.29, 0.717) is 26.6 Å². The highest BCUT2D eigenvalue weighted by atomic mass is 35.5. The number of anilines is 1. The van der Waals surface area contributed by atoms with Gasteiger partial charge in [-0.3, -0.25) is 14.9 Å². The van der Waals surface area contributed by atoms with E-state index in [4.69, 9.17) is 16.3 Å². The quantitative estimate of drug-likeness (QED) is 0.536. The summed E-state index contributed by atoms with van der Waals surface area (Å²) >= 11 is 8.31. The molecule has 0 bridgehead atoms. The molecule has 1 aliphatic rings. The molecule has 0 saturated carbocycles. The van der Waals surface area contributed by atoms with Crippen LogP contribution in [0.5, 0.6) is 0 Å². The van der Waals surface area contributed by atoms with E-state index in [1.165, 1.54) is 23.1 Å². The molecule has 2 heterocycles. The van der Waals surface area contributed by atoms with Gasteiger partial charge in [0.15, 0.2) is 4.34 Å². The second-order valence-corrected chi connectivity index (χ2v) is 8.20. The van der Waals surface area contributed by atoms with Crippen LogP contribution in [-0.2, 0) is 9.53 Å². The smallest absolute Gasteiger partial charge is 0.257 e. The van der Waals surface area contributed by atoms with Crippen molar-refractivity contribution in [1.82, 2.24) is 15.5 Å². The number of ether oxygens (including phenoxy) is 1. The average Bonchev–Trinajstić information content (AvgIpc) is 3.30. The minimum atomic E-state index is -0.288. The summed E-state index contributed by atoms with van der Waals surface area (Å²) in [6.07, 6.45) is 2.16. The molecule has 1 atom stereocenters. The third kappa shape index (κ3) is 5.66. The maximum atomic E-state index is 12.1. The highest BCUT2D eigenvalue weighted by molar-refractivity contribution is 8.01. The number of amides is 2. The van der Waals surface area contributed by atoms with Crippen molar-refractivity contribution in [2.24, 2.45) is 0 Å². The number of hydrogen-bond acceptors (Lipinski definition) is 7. The number of benzene rings is 1. The third-order valence-electron chi connectivity index (χ3n) is 3.61. The zero-order chi connectivity index (χ0) is 18.4. The van der Waals surface area contributed by atoms with Crippen LogP contribution in [0.3, 0.4) is 0 Å². The molecule has 0 aliphatic carbocycles. The monoisotopic (exact) mass is 412 g/mol. The molecule has 2 N–H and O–H groups in total. The number of carbonyl (C=O) groups is 2. The molecular formula is C16H17ClN4O3S2. The predicted molar refractivity (Wildman–Crippen MR) is 102 cm³/mol. The second kappa shape index (κ2) is 9.31. The van der Waals surface area contributed by atoms with E-state index in [1.807, 2.05) is 0 Å². The van der Waals surface area contributed by atoms with E-state index in [2.05, 4.69) is 20.8 Å². The molecule has 10 heteroatoms. The maximum Gasteiger partial charge on any atom is 0.257 e. The molecule has 1 fully saturated rings. The first-order chi connectivity index (χ1) is 12.6. The summed E-state index contributed by atoms with van der Waals surface area (Å²) in [7, 11) is 0. The van der Waals surface area contributed by atoms with E-state index < -0.39 is 0 Å². The number of carbonyl (C=O) groups excluding carboxylic acids is 2. The van der Waals surface area contributed by atoms with Gasteiger partial charge in [-0.05, 0) is 37.1 Å². The Labute approximate surface area is 163 Å². The summed E-state index contributed by atoms with van der Waals surface area (Å²) in [5.74, 6) is -0.122. The van der Waals surface area contributed by atoms with Gasteiger partial charge in [0.1, 0.15) is 0 Å². The number of rotatable bonds is 7. The van der Waals surface area contributed by atoms with Crippen molar-refractivity contribution >= 4 is 51.6 Å². The van der Waals surface area contributed by atoms with Crippen LogP contribution in [0, 0.1) is 0 Å². The molecule has 2 aromatic rings. The largest absolute Gasteiger partial charge is 0.376 e. The summed E-state index contributed by atoms with van der Waals surface area (Å²) < 4.78 is 6.07. The number of halogens is 1. The molecule has 2 amide bonds. The van der Waals surface area contributed by atoms with Gasteiger partial charge >= 0.3 is 0 Å². The fourth-order valence-electron chi connectivity index (χ4n) is 2.30. The van der Waals surface area contributed by atoms with Gasteiger partial charge in [-0.2, -0.15) is 0 Å². The molecular weight excluding hydrogens is 396 g/mol. The normalized spacial score (nSPS) is 16.4. The standard InChI is InChI=1S/C16H17ClN4O3S2/c17-11-5-3-10(4-6-11)14(23)19-15-20-21-16(26-15)25-9-13(22)18-8-12-2-1-7-24-12/h3-6,12H,1-2,7-9H2,(H,18,22)(H,19,20,23)/t12-/m0/s1. The minimum absolute atomic E-state index is 0.0764. The van der Waals surface area contributed by atoms with Gasteiger partial charge in [-0.15, -0.1) is 10.2 Å². The van der Waals surface area contributed by atoms with Crippen LogP contribution in [0.4, 0.5) is 5.13 Å². The molecule has 138 valence electrons. The van der Waals surface area contributed by atoms with Crippen molar-refractivity contribution in [2.45, 2.75) is 23.3 Å². The number of hydrogen-bond donors (Lipinski definition) is 2. The molecule has 1 aromatic carbocycles. The first kappa shape index (κ1) is 19.1. The van der Waals surface area contributed by atoms with Crippen LogP contribution in [-0.4, -0.2) is 47.0 Å². The first-order valence-electron chi connectivity index (χ1n) is 8.01. The van der Waals surface area contributed by atoms with Crippen molar-refractivity contribution in [3.63, 3.8) is 0 Å².